The molecule has 0 unspecified atom stereocenters. The lowest BCUT2D eigenvalue weighted by atomic mass is 9.62. The van der Waals surface area contributed by atoms with Gasteiger partial charge in [0.2, 0.25) is 0 Å². The first-order valence-electron chi connectivity index (χ1n) is 13.3. The van der Waals surface area contributed by atoms with Gasteiger partial charge in [-0.25, -0.2) is 0 Å². The average molecular weight is 529 g/mol. The van der Waals surface area contributed by atoms with E-state index in [0.717, 1.165) is 24.2 Å². The minimum Gasteiger partial charge on any atom is -0.497 e. The number of rotatable bonds is 12. The molecule has 2 saturated carbocycles. The van der Waals surface area contributed by atoms with Crippen molar-refractivity contribution in [1.29, 1.82) is 0 Å². The van der Waals surface area contributed by atoms with Crippen molar-refractivity contribution in [2.75, 3.05) is 27.6 Å². The van der Waals surface area contributed by atoms with Crippen molar-refractivity contribution in [2.24, 2.45) is 16.7 Å². The Morgan fingerprint density at radius 1 is 1.11 bits per heavy atom. The molecule has 1 aromatic rings. The molecule has 2 bridgehead atoms. The normalized spacial score (nSPS) is 36.0. The van der Waals surface area contributed by atoms with E-state index in [1.54, 1.807) is 20.3 Å². The Morgan fingerprint density at radius 2 is 1.82 bits per heavy atom. The van der Waals surface area contributed by atoms with E-state index in [0.29, 0.717) is 6.61 Å². The molecule has 4 rings (SSSR count). The van der Waals surface area contributed by atoms with E-state index in [2.05, 4.69) is 27.0 Å². The Labute approximate surface area is 227 Å². The van der Waals surface area contributed by atoms with Crippen LogP contribution in [-0.4, -0.2) is 61.9 Å². The van der Waals surface area contributed by atoms with Crippen molar-refractivity contribution in [3.8, 4) is 5.75 Å². The van der Waals surface area contributed by atoms with Gasteiger partial charge in [0.1, 0.15) is 29.8 Å². The molecule has 7 heteroatoms. The Kier molecular flexibility index (Phi) is 8.03. The topological polar surface area (TPSA) is 75.6 Å². The fourth-order valence-electron chi connectivity index (χ4n) is 7.07. The highest BCUT2D eigenvalue weighted by Gasteiger charge is 2.74. The van der Waals surface area contributed by atoms with Crippen molar-refractivity contribution < 1.29 is 33.5 Å². The molecule has 2 aliphatic carbocycles. The molecule has 1 aliphatic heterocycles. The molecule has 7 nitrogen and oxygen atoms in total. The summed E-state index contributed by atoms with van der Waals surface area (Å²) in [5.41, 5.74) is -2.15. The van der Waals surface area contributed by atoms with Gasteiger partial charge in [-0.3, -0.25) is 0 Å². The number of hydrogen-bond donors (Lipinski definition) is 1. The van der Waals surface area contributed by atoms with E-state index < -0.39 is 34.6 Å². The Bertz CT molecular complexity index is 1030. The van der Waals surface area contributed by atoms with E-state index in [-0.39, 0.29) is 24.7 Å². The van der Waals surface area contributed by atoms with Crippen LogP contribution >= 0.6 is 0 Å². The molecule has 1 heterocycles. The predicted octanol–water partition coefficient (Wildman–Crippen LogP) is 5.19. The summed E-state index contributed by atoms with van der Waals surface area (Å²) < 4.78 is 35.6. The first-order chi connectivity index (χ1) is 17.9. The maximum Gasteiger partial charge on any atom is 0.164 e. The third-order valence-electron chi connectivity index (χ3n) is 9.14. The van der Waals surface area contributed by atoms with Gasteiger partial charge in [-0.05, 0) is 61.8 Å². The largest absolute Gasteiger partial charge is 0.497 e. The smallest absolute Gasteiger partial charge is 0.164 e. The third-order valence-corrected chi connectivity index (χ3v) is 9.14. The number of aliphatic hydroxyl groups is 1. The van der Waals surface area contributed by atoms with Crippen LogP contribution < -0.4 is 4.74 Å². The fraction of sp³-hybridized carbons (Fsp3) is 0.613. The van der Waals surface area contributed by atoms with Gasteiger partial charge in [-0.2, -0.15) is 0 Å². The summed E-state index contributed by atoms with van der Waals surface area (Å²) in [6.45, 7) is 17.0. The van der Waals surface area contributed by atoms with Crippen LogP contribution in [0, 0.1) is 16.7 Å². The zero-order chi connectivity index (χ0) is 27.8. The molecule has 0 amide bonds. The molecule has 6 atom stereocenters. The number of benzene rings is 1. The first kappa shape index (κ1) is 29.0. The molecule has 0 aromatic heterocycles. The molecule has 0 radical (unpaired) electrons. The van der Waals surface area contributed by atoms with E-state index in [1.165, 1.54) is 0 Å². The minimum absolute atomic E-state index is 0.0959. The molecule has 3 fully saturated rings. The van der Waals surface area contributed by atoms with Crippen molar-refractivity contribution in [3.63, 3.8) is 0 Å². The summed E-state index contributed by atoms with van der Waals surface area (Å²) in [5, 5.41) is 12.5. The Morgan fingerprint density at radius 3 is 2.37 bits per heavy atom. The third kappa shape index (κ3) is 4.57. The lowest BCUT2D eigenvalue weighted by Gasteiger charge is -2.46. The van der Waals surface area contributed by atoms with Crippen LogP contribution in [-0.2, 0) is 30.3 Å². The van der Waals surface area contributed by atoms with Crippen LogP contribution in [0.5, 0.6) is 5.75 Å². The van der Waals surface area contributed by atoms with Gasteiger partial charge in [-0.1, -0.05) is 44.2 Å². The number of fused-ring (bicyclic) bond motifs is 2. The van der Waals surface area contributed by atoms with Gasteiger partial charge in [0.25, 0.3) is 0 Å². The lowest BCUT2D eigenvalue weighted by molar-refractivity contribution is -0.176. The van der Waals surface area contributed by atoms with Crippen LogP contribution in [0.4, 0.5) is 0 Å². The second-order valence-electron chi connectivity index (χ2n) is 11.8. The van der Waals surface area contributed by atoms with Crippen LogP contribution in [0.15, 0.2) is 61.7 Å². The number of hydrogen-bond acceptors (Lipinski definition) is 7. The van der Waals surface area contributed by atoms with Gasteiger partial charge < -0.3 is 33.5 Å². The van der Waals surface area contributed by atoms with Gasteiger partial charge in [0, 0.05) is 12.5 Å². The second-order valence-corrected chi connectivity index (χ2v) is 11.8. The van der Waals surface area contributed by atoms with E-state index in [1.807, 2.05) is 56.3 Å². The fourth-order valence-corrected chi connectivity index (χ4v) is 7.07. The van der Waals surface area contributed by atoms with Crippen molar-refractivity contribution in [3.05, 3.63) is 67.3 Å². The quantitative estimate of drug-likeness (QED) is 0.296. The van der Waals surface area contributed by atoms with Gasteiger partial charge in [0.15, 0.2) is 5.79 Å². The summed E-state index contributed by atoms with van der Waals surface area (Å²) in [6.07, 6.45) is 8.14. The highest BCUT2D eigenvalue weighted by molar-refractivity contribution is 5.36. The number of methoxy groups -OCH3 is 2. The first-order valence-corrected chi connectivity index (χ1v) is 13.3. The number of ether oxygens (including phenoxy) is 6. The maximum atomic E-state index is 12.5. The monoisotopic (exact) mass is 528 g/mol. The standard InChI is InChI=1S/C31H44O7/c1-9-25(35-19-22-11-13-23(34-8)14-12-22)29(20-37-28(5,6)38-29)17-18-31(32)26(36-21-33-7)24-15-16-30(31,10-2)27(24,3)4/h9-14,17-18,24-26,32H,1-2,15-16,19-21H2,3-8H3/b18-17+/t24-,25-,26-,29+,30-,31+/m1/s1. The molecule has 210 valence electrons. The molecular weight excluding hydrogens is 484 g/mol. The maximum absolute atomic E-state index is 12.5. The van der Waals surface area contributed by atoms with Gasteiger partial charge in [-0.15, -0.1) is 13.2 Å². The van der Waals surface area contributed by atoms with Crippen LogP contribution in [0.2, 0.25) is 0 Å². The summed E-state index contributed by atoms with van der Waals surface area (Å²) in [6, 6.07) is 7.72. The molecule has 38 heavy (non-hydrogen) atoms. The SMILES string of the molecule is C=C[C@@H](OCc1ccc(OC)cc1)[C@]1(/C=C/[C@]2(O)[C@H](OCOC)[C@H]3CC[C@]2(C=C)C3(C)C)COC(C)(C)O1. The highest BCUT2D eigenvalue weighted by atomic mass is 16.8. The van der Waals surface area contributed by atoms with Crippen molar-refractivity contribution >= 4 is 0 Å². The highest BCUT2D eigenvalue weighted by Crippen LogP contribution is 2.71. The molecule has 1 aromatic carbocycles. The van der Waals surface area contributed by atoms with Crippen molar-refractivity contribution in [2.45, 2.75) is 76.3 Å². The van der Waals surface area contributed by atoms with Crippen LogP contribution in [0.25, 0.3) is 0 Å². The molecule has 0 spiro atoms. The zero-order valence-electron chi connectivity index (χ0n) is 23.7. The average Bonchev–Trinajstić information content (AvgIpc) is 3.41. The summed E-state index contributed by atoms with van der Waals surface area (Å²) in [4.78, 5) is 0. The summed E-state index contributed by atoms with van der Waals surface area (Å²) >= 11 is 0. The minimum atomic E-state index is -1.33. The zero-order valence-corrected chi connectivity index (χ0v) is 23.7. The van der Waals surface area contributed by atoms with E-state index in [4.69, 9.17) is 28.4 Å². The second kappa shape index (κ2) is 10.5. The van der Waals surface area contributed by atoms with Crippen LogP contribution in [0.1, 0.15) is 46.1 Å². The molecule has 3 aliphatic rings. The summed E-state index contributed by atoms with van der Waals surface area (Å²) in [7, 11) is 3.23. The van der Waals surface area contributed by atoms with Crippen LogP contribution in [0.3, 0.4) is 0 Å². The Hall–Kier alpha value is -2.00. The van der Waals surface area contributed by atoms with Gasteiger partial charge >= 0.3 is 0 Å². The summed E-state index contributed by atoms with van der Waals surface area (Å²) in [5.74, 6) is 0.0827. The lowest BCUT2D eigenvalue weighted by Crippen LogP contribution is -2.54. The van der Waals surface area contributed by atoms with E-state index >= 15 is 0 Å². The Balaban J connectivity index is 1.68. The van der Waals surface area contributed by atoms with Gasteiger partial charge in [0.05, 0.1) is 26.4 Å². The van der Waals surface area contributed by atoms with Crippen molar-refractivity contribution in [1.82, 2.24) is 0 Å². The molecule has 1 saturated heterocycles. The van der Waals surface area contributed by atoms with E-state index in [9.17, 15) is 5.11 Å². The molecular formula is C31H44O7. The molecule has 1 N–H and O–H groups in total. The predicted molar refractivity (Wildman–Crippen MR) is 146 cm³/mol.